The molecule has 1 N–H and O–H groups in total. The molecule has 21 heavy (non-hydrogen) atoms. The number of hydrogen-bond donors (Lipinski definition) is 1. The minimum absolute atomic E-state index is 0.303. The Morgan fingerprint density at radius 3 is 2.52 bits per heavy atom. The van der Waals surface area contributed by atoms with Gasteiger partial charge in [-0.25, -0.2) is 0 Å². The minimum atomic E-state index is 0.303. The van der Waals surface area contributed by atoms with Crippen molar-refractivity contribution in [3.8, 4) is 0 Å². The monoisotopic (exact) mass is 291 g/mol. The molecule has 0 spiro atoms. The van der Waals surface area contributed by atoms with Crippen molar-refractivity contribution in [1.82, 2.24) is 5.32 Å². The summed E-state index contributed by atoms with van der Waals surface area (Å²) in [6.45, 7) is 9.84. The summed E-state index contributed by atoms with van der Waals surface area (Å²) in [5.41, 5.74) is 0.901. The Morgan fingerprint density at radius 2 is 1.86 bits per heavy atom. The third-order valence-electron chi connectivity index (χ3n) is 8.37. The topological polar surface area (TPSA) is 29.1 Å². The smallest absolute Gasteiger partial charge is 0.207 e. The first-order valence-corrected chi connectivity index (χ1v) is 9.17. The second-order valence-electron chi connectivity index (χ2n) is 8.67. The first-order chi connectivity index (χ1) is 9.97. The molecule has 3 saturated carbocycles. The van der Waals surface area contributed by atoms with Gasteiger partial charge in [0.25, 0.3) is 0 Å². The summed E-state index contributed by atoms with van der Waals surface area (Å²) in [5, 5.41) is 3.16. The van der Waals surface area contributed by atoms with Crippen molar-refractivity contribution in [1.29, 1.82) is 0 Å². The Balaban J connectivity index is 1.88. The van der Waals surface area contributed by atoms with Gasteiger partial charge in [-0.05, 0) is 79.4 Å². The van der Waals surface area contributed by atoms with Crippen molar-refractivity contribution >= 4 is 6.41 Å². The number of hydrogen-bond acceptors (Lipinski definition) is 1. The van der Waals surface area contributed by atoms with Crippen molar-refractivity contribution in [2.24, 2.45) is 34.5 Å². The average molecular weight is 291 g/mol. The number of amides is 1. The largest absolute Gasteiger partial charge is 0.355 e. The predicted octanol–water partition coefficient (Wildman–Crippen LogP) is 4.39. The zero-order valence-electron chi connectivity index (χ0n) is 14.3. The van der Waals surface area contributed by atoms with Crippen LogP contribution in [0.5, 0.6) is 0 Å². The van der Waals surface area contributed by atoms with E-state index < -0.39 is 0 Å². The van der Waals surface area contributed by atoms with Crippen LogP contribution in [-0.4, -0.2) is 12.5 Å². The summed E-state index contributed by atoms with van der Waals surface area (Å²) < 4.78 is 0. The fourth-order valence-corrected chi connectivity index (χ4v) is 6.58. The maximum absolute atomic E-state index is 11.0. The lowest BCUT2D eigenvalue weighted by Gasteiger charge is -2.58. The van der Waals surface area contributed by atoms with Gasteiger partial charge in [0.1, 0.15) is 0 Å². The van der Waals surface area contributed by atoms with Crippen LogP contribution in [-0.2, 0) is 4.79 Å². The third-order valence-corrected chi connectivity index (χ3v) is 8.37. The predicted molar refractivity (Wildman–Crippen MR) is 86.8 cm³/mol. The molecule has 3 rings (SSSR count). The van der Waals surface area contributed by atoms with E-state index in [-0.39, 0.29) is 0 Å². The number of carbonyl (C=O) groups excluding carboxylic acids is 1. The van der Waals surface area contributed by atoms with Gasteiger partial charge >= 0.3 is 0 Å². The molecule has 3 aliphatic carbocycles. The van der Waals surface area contributed by atoms with E-state index in [1.54, 1.807) is 0 Å². The fourth-order valence-electron chi connectivity index (χ4n) is 6.58. The molecule has 0 aromatic rings. The van der Waals surface area contributed by atoms with Crippen molar-refractivity contribution in [2.75, 3.05) is 0 Å². The van der Waals surface area contributed by atoms with Crippen molar-refractivity contribution in [2.45, 2.75) is 78.7 Å². The molecule has 0 radical (unpaired) electrons. The highest BCUT2D eigenvalue weighted by molar-refractivity contribution is 5.47. The summed E-state index contributed by atoms with van der Waals surface area (Å²) in [7, 11) is 0. The highest BCUT2D eigenvalue weighted by Gasteiger charge is 2.58. The van der Waals surface area contributed by atoms with E-state index >= 15 is 0 Å². The summed E-state index contributed by atoms with van der Waals surface area (Å²) in [5.74, 6) is 3.57. The lowest BCUT2D eigenvalue weighted by Crippen LogP contribution is -2.57. The molecule has 120 valence electrons. The molecule has 0 heterocycles. The number of carbonyl (C=O) groups is 1. The maximum Gasteiger partial charge on any atom is 0.207 e. The standard InChI is InChI=1S/C19H33NO/c1-5-18(3)16-10-11-19(4)13(2)6-8-15(19)14(16)7-9-17(18)20-12-21/h12-17H,5-11H2,1-4H3,(H,20,21). The van der Waals surface area contributed by atoms with Crippen LogP contribution in [0.25, 0.3) is 0 Å². The fraction of sp³-hybridized carbons (Fsp3) is 0.947. The van der Waals surface area contributed by atoms with Crippen molar-refractivity contribution in [3.63, 3.8) is 0 Å². The molecular formula is C19H33NO. The van der Waals surface area contributed by atoms with E-state index in [0.717, 1.165) is 30.1 Å². The second-order valence-corrected chi connectivity index (χ2v) is 8.67. The molecule has 0 aliphatic heterocycles. The van der Waals surface area contributed by atoms with E-state index in [9.17, 15) is 4.79 Å². The van der Waals surface area contributed by atoms with Gasteiger partial charge in [-0.3, -0.25) is 4.79 Å². The van der Waals surface area contributed by atoms with Gasteiger partial charge in [-0.2, -0.15) is 0 Å². The molecule has 7 atom stereocenters. The number of rotatable bonds is 3. The number of nitrogens with one attached hydrogen (secondary N) is 1. The Morgan fingerprint density at radius 1 is 1.10 bits per heavy atom. The molecule has 2 nitrogen and oxygen atoms in total. The van der Waals surface area contributed by atoms with Crippen molar-refractivity contribution in [3.05, 3.63) is 0 Å². The maximum atomic E-state index is 11.0. The molecule has 3 aliphatic rings. The molecule has 2 heteroatoms. The summed E-state index contributed by atoms with van der Waals surface area (Å²) in [6, 6.07) is 0.393. The molecule has 1 amide bonds. The van der Waals surface area contributed by atoms with Gasteiger partial charge in [-0.1, -0.05) is 27.7 Å². The first kappa shape index (κ1) is 15.4. The number of fused-ring (bicyclic) bond motifs is 3. The summed E-state index contributed by atoms with van der Waals surface area (Å²) in [6.07, 6.45) is 10.3. The summed E-state index contributed by atoms with van der Waals surface area (Å²) in [4.78, 5) is 11.0. The van der Waals surface area contributed by atoms with Crippen LogP contribution in [0, 0.1) is 34.5 Å². The van der Waals surface area contributed by atoms with Crippen LogP contribution in [0.2, 0.25) is 0 Å². The molecule has 3 fully saturated rings. The molecule has 0 aromatic heterocycles. The van der Waals surface area contributed by atoms with Gasteiger partial charge in [-0.15, -0.1) is 0 Å². The Hall–Kier alpha value is -0.530. The van der Waals surface area contributed by atoms with Crippen LogP contribution in [0.15, 0.2) is 0 Å². The van der Waals surface area contributed by atoms with Crippen LogP contribution < -0.4 is 5.32 Å². The van der Waals surface area contributed by atoms with Crippen LogP contribution in [0.4, 0.5) is 0 Å². The third kappa shape index (κ3) is 2.08. The Bertz CT molecular complexity index is 408. The molecule has 0 aromatic carbocycles. The lowest BCUT2D eigenvalue weighted by molar-refractivity contribution is -0.116. The van der Waals surface area contributed by atoms with E-state index in [1.165, 1.54) is 44.9 Å². The summed E-state index contributed by atoms with van der Waals surface area (Å²) >= 11 is 0. The van der Waals surface area contributed by atoms with Crippen LogP contribution >= 0.6 is 0 Å². The molecule has 0 saturated heterocycles. The van der Waals surface area contributed by atoms with E-state index in [0.29, 0.717) is 16.9 Å². The zero-order chi connectivity index (χ0) is 15.3. The van der Waals surface area contributed by atoms with Crippen LogP contribution in [0.1, 0.15) is 72.6 Å². The normalized spacial score (nSPS) is 52.9. The van der Waals surface area contributed by atoms with Crippen LogP contribution in [0.3, 0.4) is 0 Å². The van der Waals surface area contributed by atoms with Crippen molar-refractivity contribution < 1.29 is 4.79 Å². The van der Waals surface area contributed by atoms with Gasteiger partial charge in [0.05, 0.1) is 0 Å². The highest BCUT2D eigenvalue weighted by Crippen LogP contribution is 2.64. The zero-order valence-corrected chi connectivity index (χ0v) is 14.3. The quantitative estimate of drug-likeness (QED) is 0.768. The SMILES string of the molecule is CCC1(C)C(NC=O)CCC2C3CCC(C)C3(C)CCC21. The van der Waals surface area contributed by atoms with Gasteiger partial charge in [0.2, 0.25) is 6.41 Å². The van der Waals surface area contributed by atoms with Gasteiger partial charge in [0.15, 0.2) is 0 Å². The minimum Gasteiger partial charge on any atom is -0.355 e. The van der Waals surface area contributed by atoms with Gasteiger partial charge in [0, 0.05) is 6.04 Å². The Labute approximate surface area is 130 Å². The van der Waals surface area contributed by atoms with E-state index in [4.69, 9.17) is 0 Å². The molecule has 7 unspecified atom stereocenters. The van der Waals surface area contributed by atoms with E-state index in [1.807, 2.05) is 0 Å². The van der Waals surface area contributed by atoms with Gasteiger partial charge < -0.3 is 5.32 Å². The Kier molecular flexibility index (Phi) is 3.86. The highest BCUT2D eigenvalue weighted by atomic mass is 16.1. The molecular weight excluding hydrogens is 258 g/mol. The lowest BCUT2D eigenvalue weighted by atomic mass is 9.48. The second kappa shape index (κ2) is 5.28. The average Bonchev–Trinajstić information content (AvgIpc) is 2.78. The first-order valence-electron chi connectivity index (χ1n) is 9.17. The van der Waals surface area contributed by atoms with E-state index in [2.05, 4.69) is 33.0 Å². The molecule has 0 bridgehead atoms.